The van der Waals surface area contributed by atoms with Crippen molar-refractivity contribution in [3.63, 3.8) is 0 Å². The summed E-state index contributed by atoms with van der Waals surface area (Å²) in [7, 11) is 0. The van der Waals surface area contributed by atoms with Crippen molar-refractivity contribution < 1.29 is 9.84 Å². The van der Waals surface area contributed by atoms with E-state index in [9.17, 15) is 5.11 Å². The molecule has 2 atom stereocenters. The van der Waals surface area contributed by atoms with Gasteiger partial charge in [-0.15, -0.1) is 0 Å². The molecule has 0 spiro atoms. The molecular formula is C17H34O2. The zero-order chi connectivity index (χ0) is 14.5. The van der Waals surface area contributed by atoms with Crippen molar-refractivity contribution in [3.8, 4) is 0 Å². The van der Waals surface area contributed by atoms with Crippen LogP contribution in [0.1, 0.15) is 73.1 Å². The highest BCUT2D eigenvalue weighted by molar-refractivity contribution is 4.82. The average molecular weight is 270 g/mol. The van der Waals surface area contributed by atoms with Crippen LogP contribution in [0.2, 0.25) is 0 Å². The van der Waals surface area contributed by atoms with Gasteiger partial charge in [-0.25, -0.2) is 0 Å². The van der Waals surface area contributed by atoms with E-state index < -0.39 is 6.29 Å². The second kappa shape index (κ2) is 7.64. The monoisotopic (exact) mass is 270 g/mol. The molecule has 0 radical (unpaired) electrons. The van der Waals surface area contributed by atoms with E-state index in [0.717, 1.165) is 13.0 Å². The number of aliphatic hydroxyl groups excluding tert-OH is 1. The Hall–Kier alpha value is -0.0800. The summed E-state index contributed by atoms with van der Waals surface area (Å²) in [6.45, 7) is 11.7. The number of hydrogen-bond acceptors (Lipinski definition) is 2. The molecule has 1 saturated carbocycles. The topological polar surface area (TPSA) is 29.5 Å². The minimum atomic E-state index is -0.628. The highest BCUT2D eigenvalue weighted by atomic mass is 16.6. The zero-order valence-electron chi connectivity index (χ0n) is 13.6. The van der Waals surface area contributed by atoms with Crippen molar-refractivity contribution in [2.75, 3.05) is 6.61 Å². The molecule has 1 fully saturated rings. The fourth-order valence-electron chi connectivity index (χ4n) is 3.27. The first-order chi connectivity index (χ1) is 8.86. The van der Waals surface area contributed by atoms with E-state index in [1.165, 1.54) is 32.1 Å². The molecule has 2 nitrogen and oxygen atoms in total. The Morgan fingerprint density at radius 3 is 2.16 bits per heavy atom. The Morgan fingerprint density at radius 2 is 1.68 bits per heavy atom. The van der Waals surface area contributed by atoms with Gasteiger partial charge in [-0.3, -0.25) is 0 Å². The van der Waals surface area contributed by atoms with Crippen LogP contribution in [0.25, 0.3) is 0 Å². The SMILES string of the molecule is CC(C)CC(C)(C(C)C)C(O)OCC1CCCCC1. The van der Waals surface area contributed by atoms with Gasteiger partial charge in [0.2, 0.25) is 0 Å². The van der Waals surface area contributed by atoms with Crippen LogP contribution in [0, 0.1) is 23.2 Å². The van der Waals surface area contributed by atoms with E-state index in [1.54, 1.807) is 0 Å². The molecule has 1 aliphatic carbocycles. The van der Waals surface area contributed by atoms with E-state index in [2.05, 4.69) is 34.6 Å². The molecule has 114 valence electrons. The molecule has 0 aromatic rings. The summed E-state index contributed by atoms with van der Waals surface area (Å²) in [5, 5.41) is 10.5. The largest absolute Gasteiger partial charge is 0.367 e. The van der Waals surface area contributed by atoms with Crippen molar-refractivity contribution in [1.82, 2.24) is 0 Å². The lowest BCUT2D eigenvalue weighted by molar-refractivity contribution is -0.196. The van der Waals surface area contributed by atoms with Gasteiger partial charge in [-0.05, 0) is 37.0 Å². The molecule has 0 saturated heterocycles. The number of ether oxygens (including phenoxy) is 1. The molecule has 0 bridgehead atoms. The molecule has 1 N–H and O–H groups in total. The first-order valence-corrected chi connectivity index (χ1v) is 8.16. The van der Waals surface area contributed by atoms with Crippen LogP contribution in [0.3, 0.4) is 0 Å². The second-order valence-corrected chi connectivity index (χ2v) is 7.45. The molecule has 2 heteroatoms. The minimum Gasteiger partial charge on any atom is -0.367 e. The van der Waals surface area contributed by atoms with Crippen LogP contribution in [0.5, 0.6) is 0 Å². The standard InChI is InChI=1S/C17H34O2/c1-13(2)11-17(5,14(3)4)16(18)19-12-15-9-7-6-8-10-15/h13-16,18H,6-12H2,1-5H3. The highest BCUT2D eigenvalue weighted by Gasteiger charge is 2.38. The van der Waals surface area contributed by atoms with Gasteiger partial charge in [0.1, 0.15) is 0 Å². The van der Waals surface area contributed by atoms with Gasteiger partial charge in [0.05, 0.1) is 6.61 Å². The third-order valence-corrected chi connectivity index (χ3v) is 4.95. The van der Waals surface area contributed by atoms with Crippen molar-refractivity contribution in [2.24, 2.45) is 23.2 Å². The normalized spacial score (nSPS) is 22.7. The third kappa shape index (κ3) is 5.07. The molecule has 0 aliphatic heterocycles. The fraction of sp³-hybridized carbons (Fsp3) is 1.00. The van der Waals surface area contributed by atoms with E-state index in [4.69, 9.17) is 4.74 Å². The molecule has 2 unspecified atom stereocenters. The summed E-state index contributed by atoms with van der Waals surface area (Å²) < 4.78 is 5.86. The van der Waals surface area contributed by atoms with Gasteiger partial charge in [0.15, 0.2) is 6.29 Å². The summed E-state index contributed by atoms with van der Waals surface area (Å²) in [6, 6.07) is 0. The van der Waals surface area contributed by atoms with Crippen LogP contribution in [-0.4, -0.2) is 18.0 Å². The summed E-state index contributed by atoms with van der Waals surface area (Å²) >= 11 is 0. The Balaban J connectivity index is 2.49. The average Bonchev–Trinajstić information content (AvgIpc) is 2.36. The van der Waals surface area contributed by atoms with Crippen molar-refractivity contribution in [3.05, 3.63) is 0 Å². The van der Waals surface area contributed by atoms with Crippen molar-refractivity contribution >= 4 is 0 Å². The fourth-order valence-corrected chi connectivity index (χ4v) is 3.27. The van der Waals surface area contributed by atoms with Crippen LogP contribution in [0.4, 0.5) is 0 Å². The predicted molar refractivity (Wildman–Crippen MR) is 80.9 cm³/mol. The maximum Gasteiger partial charge on any atom is 0.160 e. The van der Waals surface area contributed by atoms with E-state index in [0.29, 0.717) is 17.8 Å². The zero-order valence-corrected chi connectivity index (χ0v) is 13.6. The molecule has 0 aromatic carbocycles. The number of hydrogen-bond donors (Lipinski definition) is 1. The van der Waals surface area contributed by atoms with Gasteiger partial charge in [-0.2, -0.15) is 0 Å². The predicted octanol–water partition coefficient (Wildman–Crippen LogP) is 4.61. The van der Waals surface area contributed by atoms with Gasteiger partial charge in [0.25, 0.3) is 0 Å². The van der Waals surface area contributed by atoms with Crippen LogP contribution in [-0.2, 0) is 4.74 Å². The Bertz CT molecular complexity index is 244. The van der Waals surface area contributed by atoms with Crippen LogP contribution < -0.4 is 0 Å². The molecule has 1 rings (SSSR count). The number of aliphatic hydroxyl groups is 1. The van der Waals surface area contributed by atoms with Gasteiger partial charge in [-0.1, -0.05) is 53.9 Å². The van der Waals surface area contributed by atoms with E-state index >= 15 is 0 Å². The van der Waals surface area contributed by atoms with E-state index in [1.807, 2.05) is 0 Å². The van der Waals surface area contributed by atoms with Crippen molar-refractivity contribution in [2.45, 2.75) is 79.4 Å². The molecule has 19 heavy (non-hydrogen) atoms. The summed E-state index contributed by atoms with van der Waals surface area (Å²) in [5.41, 5.74) is -0.136. The lowest BCUT2D eigenvalue weighted by Gasteiger charge is -2.40. The Labute approximate surface area is 119 Å². The molecule has 0 heterocycles. The van der Waals surface area contributed by atoms with Gasteiger partial charge < -0.3 is 9.84 Å². The van der Waals surface area contributed by atoms with Gasteiger partial charge in [0, 0.05) is 5.41 Å². The Morgan fingerprint density at radius 1 is 1.11 bits per heavy atom. The molecule has 0 amide bonds. The van der Waals surface area contributed by atoms with Crippen molar-refractivity contribution in [1.29, 1.82) is 0 Å². The molecule has 0 aromatic heterocycles. The summed E-state index contributed by atoms with van der Waals surface area (Å²) in [5.74, 6) is 1.68. The summed E-state index contributed by atoms with van der Waals surface area (Å²) in [6.07, 6.45) is 6.96. The van der Waals surface area contributed by atoms with Gasteiger partial charge >= 0.3 is 0 Å². The third-order valence-electron chi connectivity index (χ3n) is 4.95. The smallest absolute Gasteiger partial charge is 0.160 e. The lowest BCUT2D eigenvalue weighted by Crippen LogP contribution is -2.41. The van der Waals surface area contributed by atoms with Crippen LogP contribution in [0.15, 0.2) is 0 Å². The lowest BCUT2D eigenvalue weighted by atomic mass is 9.72. The molecule has 1 aliphatic rings. The highest BCUT2D eigenvalue weighted by Crippen LogP contribution is 2.38. The second-order valence-electron chi connectivity index (χ2n) is 7.45. The first-order valence-electron chi connectivity index (χ1n) is 8.16. The minimum absolute atomic E-state index is 0.136. The quantitative estimate of drug-likeness (QED) is 0.685. The first kappa shape index (κ1) is 17.0. The summed E-state index contributed by atoms with van der Waals surface area (Å²) in [4.78, 5) is 0. The molecular weight excluding hydrogens is 236 g/mol. The number of rotatable bonds is 7. The van der Waals surface area contributed by atoms with Crippen LogP contribution >= 0.6 is 0 Å². The van der Waals surface area contributed by atoms with E-state index in [-0.39, 0.29) is 5.41 Å². The maximum atomic E-state index is 10.5. The maximum absolute atomic E-state index is 10.5. The Kier molecular flexibility index (Phi) is 6.82.